The van der Waals surface area contributed by atoms with E-state index in [0.717, 1.165) is 38.8 Å². The summed E-state index contributed by atoms with van der Waals surface area (Å²) in [5.41, 5.74) is 11.3. The highest BCUT2D eigenvalue weighted by Gasteiger charge is 2.34. The molecule has 1 aliphatic rings. The number of amides is 1. The first-order chi connectivity index (χ1) is 7.88. The lowest BCUT2D eigenvalue weighted by molar-refractivity contribution is -0.138. The van der Waals surface area contributed by atoms with Gasteiger partial charge in [0.2, 0.25) is 5.91 Å². The van der Waals surface area contributed by atoms with E-state index < -0.39 is 5.54 Å². The second-order valence-electron chi connectivity index (χ2n) is 5.68. The Bertz CT molecular complexity index is 263. The van der Waals surface area contributed by atoms with Gasteiger partial charge in [0, 0.05) is 19.1 Å². The fourth-order valence-electron chi connectivity index (χ4n) is 2.61. The summed E-state index contributed by atoms with van der Waals surface area (Å²) in [6.07, 6.45) is 3.84. The zero-order chi connectivity index (χ0) is 13.1. The van der Waals surface area contributed by atoms with Crippen LogP contribution in [0, 0.1) is 5.92 Å². The van der Waals surface area contributed by atoms with Crippen LogP contribution in [0.15, 0.2) is 0 Å². The summed E-state index contributed by atoms with van der Waals surface area (Å²) >= 11 is 0. The van der Waals surface area contributed by atoms with Gasteiger partial charge in [0.1, 0.15) is 0 Å². The van der Waals surface area contributed by atoms with Gasteiger partial charge in [-0.25, -0.2) is 0 Å². The Hall–Kier alpha value is -0.610. The van der Waals surface area contributed by atoms with Gasteiger partial charge in [-0.15, -0.1) is 0 Å². The minimum absolute atomic E-state index is 0.0877. The molecule has 0 aromatic heterocycles. The predicted molar refractivity (Wildman–Crippen MR) is 70.5 cm³/mol. The van der Waals surface area contributed by atoms with Crippen LogP contribution in [0.5, 0.6) is 0 Å². The fraction of sp³-hybridized carbons (Fsp3) is 0.923. The maximum atomic E-state index is 12.3. The maximum Gasteiger partial charge on any atom is 0.242 e. The molecule has 0 bridgehead atoms. The molecule has 100 valence electrons. The molecule has 3 atom stereocenters. The largest absolute Gasteiger partial charge is 0.341 e. The second-order valence-corrected chi connectivity index (χ2v) is 5.68. The summed E-state index contributed by atoms with van der Waals surface area (Å²) in [7, 11) is 0. The standard InChI is InChI=1S/C13H27N3O/c1-4-7-13(3,15)12(17)16-8-5-6-11(9-16)10(2)14/h10-11H,4-9,14-15H2,1-3H3. The molecule has 0 aliphatic carbocycles. The highest BCUT2D eigenvalue weighted by Crippen LogP contribution is 2.22. The first-order valence-corrected chi connectivity index (χ1v) is 6.72. The average Bonchev–Trinajstić information content (AvgIpc) is 2.28. The van der Waals surface area contributed by atoms with Crippen LogP contribution in [0.4, 0.5) is 0 Å². The maximum absolute atomic E-state index is 12.3. The number of nitrogens with zero attached hydrogens (tertiary/aromatic N) is 1. The summed E-state index contributed by atoms with van der Waals surface area (Å²) in [4.78, 5) is 14.2. The molecule has 1 aliphatic heterocycles. The lowest BCUT2D eigenvalue weighted by Gasteiger charge is -2.38. The van der Waals surface area contributed by atoms with Crippen LogP contribution < -0.4 is 11.5 Å². The van der Waals surface area contributed by atoms with E-state index in [-0.39, 0.29) is 11.9 Å². The molecule has 4 nitrogen and oxygen atoms in total. The Labute approximate surface area is 105 Å². The van der Waals surface area contributed by atoms with Crippen molar-refractivity contribution in [2.75, 3.05) is 13.1 Å². The van der Waals surface area contributed by atoms with Crippen molar-refractivity contribution in [2.24, 2.45) is 17.4 Å². The van der Waals surface area contributed by atoms with Crippen molar-refractivity contribution in [1.29, 1.82) is 0 Å². The van der Waals surface area contributed by atoms with Crippen LogP contribution in [0.3, 0.4) is 0 Å². The quantitative estimate of drug-likeness (QED) is 0.774. The van der Waals surface area contributed by atoms with Crippen LogP contribution in [0.2, 0.25) is 0 Å². The van der Waals surface area contributed by atoms with E-state index >= 15 is 0 Å². The fourth-order valence-corrected chi connectivity index (χ4v) is 2.61. The third kappa shape index (κ3) is 3.68. The molecule has 0 spiro atoms. The number of rotatable bonds is 4. The van der Waals surface area contributed by atoms with Gasteiger partial charge >= 0.3 is 0 Å². The van der Waals surface area contributed by atoms with Crippen molar-refractivity contribution < 1.29 is 4.79 Å². The van der Waals surface area contributed by atoms with Gasteiger partial charge in [-0.2, -0.15) is 0 Å². The molecule has 4 N–H and O–H groups in total. The molecule has 17 heavy (non-hydrogen) atoms. The number of hydrogen-bond donors (Lipinski definition) is 2. The molecule has 0 aromatic carbocycles. The zero-order valence-electron chi connectivity index (χ0n) is 11.4. The lowest BCUT2D eigenvalue weighted by Crippen LogP contribution is -2.56. The number of carbonyl (C=O) groups is 1. The van der Waals surface area contributed by atoms with Crippen LogP contribution in [0.25, 0.3) is 0 Å². The van der Waals surface area contributed by atoms with Gasteiger partial charge in [0.15, 0.2) is 0 Å². The molecular formula is C13H27N3O. The van der Waals surface area contributed by atoms with Crippen LogP contribution in [-0.2, 0) is 4.79 Å². The summed E-state index contributed by atoms with van der Waals surface area (Å²) < 4.78 is 0. The van der Waals surface area contributed by atoms with E-state index in [1.807, 2.05) is 18.7 Å². The summed E-state index contributed by atoms with van der Waals surface area (Å²) in [6, 6.07) is 0.154. The zero-order valence-corrected chi connectivity index (χ0v) is 11.4. The van der Waals surface area contributed by atoms with Crippen molar-refractivity contribution in [1.82, 2.24) is 4.90 Å². The molecular weight excluding hydrogens is 214 g/mol. The number of piperidine rings is 1. The number of hydrogen-bond acceptors (Lipinski definition) is 3. The SMILES string of the molecule is CCCC(C)(N)C(=O)N1CCCC(C(C)N)C1. The van der Waals surface area contributed by atoms with E-state index in [2.05, 4.69) is 6.92 Å². The highest BCUT2D eigenvalue weighted by molar-refractivity contribution is 5.85. The molecule has 1 rings (SSSR count). The third-order valence-corrected chi connectivity index (χ3v) is 3.75. The minimum Gasteiger partial charge on any atom is -0.341 e. The van der Waals surface area contributed by atoms with Crippen molar-refractivity contribution in [3.8, 4) is 0 Å². The molecule has 1 heterocycles. The Morgan fingerprint density at radius 3 is 2.76 bits per heavy atom. The number of nitrogens with two attached hydrogens (primary N) is 2. The summed E-state index contributed by atoms with van der Waals surface area (Å²) in [5, 5.41) is 0. The molecule has 1 fully saturated rings. The van der Waals surface area contributed by atoms with Gasteiger partial charge in [-0.1, -0.05) is 13.3 Å². The molecule has 0 saturated carbocycles. The Balaban J connectivity index is 2.63. The topological polar surface area (TPSA) is 72.4 Å². The van der Waals surface area contributed by atoms with Gasteiger partial charge < -0.3 is 16.4 Å². The highest BCUT2D eigenvalue weighted by atomic mass is 16.2. The molecule has 0 aromatic rings. The Morgan fingerprint density at radius 2 is 2.24 bits per heavy atom. The monoisotopic (exact) mass is 241 g/mol. The van der Waals surface area contributed by atoms with Gasteiger partial charge in [0.05, 0.1) is 5.54 Å². The number of carbonyl (C=O) groups excluding carboxylic acids is 1. The van der Waals surface area contributed by atoms with E-state index in [4.69, 9.17) is 11.5 Å². The van der Waals surface area contributed by atoms with Gasteiger partial charge in [-0.05, 0) is 39.0 Å². The summed E-state index contributed by atoms with van der Waals surface area (Å²) in [6.45, 7) is 7.52. The van der Waals surface area contributed by atoms with Gasteiger partial charge in [-0.3, -0.25) is 4.79 Å². The van der Waals surface area contributed by atoms with E-state index in [9.17, 15) is 4.79 Å². The van der Waals surface area contributed by atoms with Crippen molar-refractivity contribution in [3.05, 3.63) is 0 Å². The molecule has 1 amide bonds. The molecule has 4 heteroatoms. The second kappa shape index (κ2) is 5.83. The first kappa shape index (κ1) is 14.5. The van der Waals surface area contributed by atoms with Crippen LogP contribution in [-0.4, -0.2) is 35.5 Å². The van der Waals surface area contributed by atoms with Crippen LogP contribution in [0.1, 0.15) is 46.5 Å². The Morgan fingerprint density at radius 1 is 1.59 bits per heavy atom. The Kier molecular flexibility index (Phi) is 4.95. The summed E-state index contributed by atoms with van der Waals surface area (Å²) in [5.74, 6) is 0.509. The van der Waals surface area contributed by atoms with Crippen molar-refractivity contribution in [3.63, 3.8) is 0 Å². The average molecular weight is 241 g/mol. The van der Waals surface area contributed by atoms with Crippen molar-refractivity contribution >= 4 is 5.91 Å². The van der Waals surface area contributed by atoms with Gasteiger partial charge in [0.25, 0.3) is 0 Å². The van der Waals surface area contributed by atoms with Crippen LogP contribution >= 0.6 is 0 Å². The smallest absolute Gasteiger partial charge is 0.242 e. The normalized spacial score (nSPS) is 26.4. The predicted octanol–water partition coefficient (Wildman–Crippen LogP) is 1.09. The minimum atomic E-state index is -0.714. The van der Waals surface area contributed by atoms with Crippen molar-refractivity contribution in [2.45, 2.75) is 58.0 Å². The molecule has 1 saturated heterocycles. The lowest BCUT2D eigenvalue weighted by atomic mass is 9.89. The third-order valence-electron chi connectivity index (χ3n) is 3.75. The molecule has 0 radical (unpaired) electrons. The van der Waals surface area contributed by atoms with E-state index in [1.165, 1.54) is 0 Å². The number of likely N-dealkylation sites (tertiary alicyclic amines) is 1. The van der Waals surface area contributed by atoms with E-state index in [0.29, 0.717) is 5.92 Å². The first-order valence-electron chi connectivity index (χ1n) is 6.72. The molecule has 3 unspecified atom stereocenters. The van der Waals surface area contributed by atoms with E-state index in [1.54, 1.807) is 0 Å².